The third-order valence-electron chi connectivity index (χ3n) is 2.85. The van der Waals surface area contributed by atoms with Gasteiger partial charge in [-0.05, 0) is 23.9 Å². The Kier molecular flexibility index (Phi) is 4.39. The van der Waals surface area contributed by atoms with Gasteiger partial charge in [0.1, 0.15) is 10.6 Å². The van der Waals surface area contributed by atoms with Crippen LogP contribution in [0.25, 0.3) is 10.8 Å². The molecule has 7 nitrogen and oxygen atoms in total. The molecule has 2 aromatic carbocycles. The Morgan fingerprint density at radius 1 is 1.38 bits per heavy atom. The molecule has 0 saturated heterocycles. The molecule has 2 rings (SSSR count). The summed E-state index contributed by atoms with van der Waals surface area (Å²) in [6, 6.07) is 4.32. The lowest BCUT2D eigenvalue weighted by molar-refractivity contribution is 0.472. The molecule has 0 spiro atoms. The van der Waals surface area contributed by atoms with E-state index in [0.29, 0.717) is 10.9 Å². The smallest absolute Gasteiger partial charge is 0.296 e. The summed E-state index contributed by atoms with van der Waals surface area (Å²) in [5, 5.41) is 13.9. The SMILES string of the molecule is CC.[2H]N=Nc1c(S(=O)(=O)O)cc2ccc(C)c(N)c2c1O. The molecule has 0 unspecified atom stereocenters. The zero-order valence-corrected chi connectivity index (χ0v) is 12.6. The molecule has 21 heavy (non-hydrogen) atoms. The van der Waals surface area contributed by atoms with Crippen molar-refractivity contribution in [3.63, 3.8) is 0 Å². The van der Waals surface area contributed by atoms with E-state index < -0.39 is 26.5 Å². The molecule has 0 saturated carbocycles. The van der Waals surface area contributed by atoms with Gasteiger partial charge in [0.2, 0.25) is 1.41 Å². The van der Waals surface area contributed by atoms with Crippen LogP contribution in [0, 0.1) is 12.4 Å². The number of fused-ring (bicyclic) bond motifs is 1. The average molecular weight is 312 g/mol. The van der Waals surface area contributed by atoms with Gasteiger partial charge >= 0.3 is 0 Å². The van der Waals surface area contributed by atoms with Crippen LogP contribution in [0.15, 0.2) is 28.2 Å². The Hall–Kier alpha value is -2.19. The Morgan fingerprint density at radius 3 is 2.52 bits per heavy atom. The molecule has 0 bridgehead atoms. The summed E-state index contributed by atoms with van der Waals surface area (Å²) in [7, 11) is -4.63. The molecular weight excluding hydrogens is 294 g/mol. The number of nitrogen functional groups attached to an aromatic ring is 1. The van der Waals surface area contributed by atoms with Crippen molar-refractivity contribution in [2.45, 2.75) is 25.7 Å². The fourth-order valence-corrected chi connectivity index (χ4v) is 2.52. The van der Waals surface area contributed by atoms with Gasteiger partial charge in [0.05, 0.1) is 0 Å². The number of hydrogen-bond donors (Lipinski definition) is 4. The van der Waals surface area contributed by atoms with Crippen LogP contribution in [-0.2, 0) is 10.1 Å². The second-order valence-corrected chi connectivity index (χ2v) is 5.43. The van der Waals surface area contributed by atoms with E-state index >= 15 is 0 Å². The van der Waals surface area contributed by atoms with Gasteiger partial charge in [-0.2, -0.15) is 13.5 Å². The highest BCUT2D eigenvalue weighted by atomic mass is 32.2. The number of anilines is 1. The van der Waals surface area contributed by atoms with E-state index in [1.165, 1.54) is 0 Å². The number of nitrogens with one attached hydrogen (secondary N) is 1. The minimum atomic E-state index is -4.63. The number of phenolic OH excluding ortho intramolecular Hbond substituents is 1. The summed E-state index contributed by atoms with van der Waals surface area (Å²) in [6.07, 6.45) is 0. The number of aryl methyl sites for hydroxylation is 1. The van der Waals surface area contributed by atoms with Crippen molar-refractivity contribution >= 4 is 32.3 Å². The number of rotatable bonds is 2. The number of hydrogen-bond acceptors (Lipinski definition) is 6. The third-order valence-corrected chi connectivity index (χ3v) is 3.72. The van der Waals surface area contributed by atoms with Crippen LogP contribution >= 0.6 is 0 Å². The molecule has 0 atom stereocenters. The first kappa shape index (κ1) is 15.2. The summed E-state index contributed by atoms with van der Waals surface area (Å²) >= 11 is 0. The first-order chi connectivity index (χ1) is 10.3. The quantitative estimate of drug-likeness (QED) is 0.383. The zero-order chi connectivity index (χ0) is 17.1. The van der Waals surface area contributed by atoms with E-state index in [-0.39, 0.29) is 11.1 Å². The Bertz CT molecular complexity index is 835. The van der Waals surface area contributed by atoms with Gasteiger partial charge in [0.15, 0.2) is 5.75 Å². The first-order valence-electron chi connectivity index (χ1n) is 6.59. The molecule has 0 heterocycles. The minimum absolute atomic E-state index is 0.194. The van der Waals surface area contributed by atoms with Crippen LogP contribution in [0.5, 0.6) is 5.75 Å². The molecule has 0 aliphatic heterocycles. The van der Waals surface area contributed by atoms with Gasteiger partial charge < -0.3 is 10.8 Å². The molecule has 0 aliphatic rings. The largest absolute Gasteiger partial charge is 0.505 e. The summed E-state index contributed by atoms with van der Waals surface area (Å²) in [4.78, 5) is -0.637. The van der Waals surface area contributed by atoms with Gasteiger partial charge in [-0.15, -0.1) is 0 Å². The monoisotopic (exact) mass is 312 g/mol. The summed E-state index contributed by atoms with van der Waals surface area (Å²) in [6.45, 7) is 5.72. The lowest BCUT2D eigenvalue weighted by Gasteiger charge is -2.11. The molecule has 8 heteroatoms. The van der Waals surface area contributed by atoms with Gasteiger partial charge in [-0.3, -0.25) is 4.55 Å². The Morgan fingerprint density at radius 2 is 2.00 bits per heavy atom. The first-order valence-corrected chi connectivity index (χ1v) is 7.58. The van der Waals surface area contributed by atoms with Crippen molar-refractivity contribution in [2.24, 2.45) is 5.11 Å². The van der Waals surface area contributed by atoms with Gasteiger partial charge in [-0.1, -0.05) is 26.0 Å². The molecule has 0 aromatic heterocycles. The number of aromatic hydroxyl groups is 1. The molecular formula is C13H17N3O4S. The fraction of sp³-hybridized carbons (Fsp3) is 0.231. The van der Waals surface area contributed by atoms with Gasteiger partial charge in [0.25, 0.3) is 10.1 Å². The van der Waals surface area contributed by atoms with Crippen LogP contribution in [0.3, 0.4) is 0 Å². The highest BCUT2D eigenvalue weighted by molar-refractivity contribution is 7.86. The van der Waals surface area contributed by atoms with Crippen molar-refractivity contribution in [2.75, 3.05) is 5.73 Å². The highest BCUT2D eigenvalue weighted by Crippen LogP contribution is 2.43. The Balaban J connectivity index is 0.00000116. The Labute approximate surface area is 124 Å². The molecule has 5 N–H and O–H groups in total. The summed E-state index contributed by atoms with van der Waals surface area (Å²) in [5.41, 5.74) is 8.96. The van der Waals surface area contributed by atoms with Crippen molar-refractivity contribution in [1.29, 1.82) is 5.52 Å². The molecule has 2 aromatic rings. The van der Waals surface area contributed by atoms with Crippen molar-refractivity contribution in [3.8, 4) is 5.75 Å². The molecule has 0 amide bonds. The standard InChI is InChI=1S/C11H11N3O4S.C2H6/c1-5-2-3-6-4-7(19(16,17)18)10(14-13)11(15)8(6)9(5)12;1-2/h2-4,13,15H,12H2,1H3,(H,16,17,18);1-2H3/i/hD. The zero-order valence-electron chi connectivity index (χ0n) is 12.8. The highest BCUT2D eigenvalue weighted by Gasteiger charge is 2.22. The molecule has 0 aliphatic carbocycles. The van der Waals surface area contributed by atoms with Gasteiger partial charge in [0, 0.05) is 11.1 Å². The fourth-order valence-electron chi connectivity index (χ4n) is 1.86. The molecule has 0 radical (unpaired) electrons. The molecule has 0 fully saturated rings. The van der Waals surface area contributed by atoms with E-state index in [0.717, 1.165) is 6.07 Å². The topological polar surface area (TPSA) is 137 Å². The summed E-state index contributed by atoms with van der Waals surface area (Å²) in [5.74, 6) is -0.549. The number of nitrogens with zero attached hydrogens (tertiary/aromatic N) is 1. The normalized spacial score (nSPS) is 12.1. The summed E-state index contributed by atoms with van der Waals surface area (Å²) < 4.78 is 38.5. The van der Waals surface area contributed by atoms with Crippen LogP contribution < -0.4 is 5.73 Å². The average Bonchev–Trinajstić information content (AvgIpc) is 2.46. The maximum absolute atomic E-state index is 11.3. The van der Waals surface area contributed by atoms with Crippen molar-refractivity contribution in [3.05, 3.63) is 23.8 Å². The van der Waals surface area contributed by atoms with Crippen LogP contribution in [0.2, 0.25) is 1.41 Å². The predicted molar refractivity (Wildman–Crippen MR) is 80.7 cm³/mol. The number of nitrogens with two attached hydrogens (primary N) is 1. The number of benzene rings is 2. The van der Waals surface area contributed by atoms with Gasteiger partial charge in [-0.25, -0.2) is 5.52 Å². The van der Waals surface area contributed by atoms with Crippen molar-refractivity contribution in [1.82, 2.24) is 0 Å². The van der Waals surface area contributed by atoms with E-state index in [4.69, 9.17) is 7.15 Å². The van der Waals surface area contributed by atoms with Crippen molar-refractivity contribution < 1.29 is 19.5 Å². The molecule has 114 valence electrons. The second-order valence-electron chi connectivity index (χ2n) is 4.04. The lowest BCUT2D eigenvalue weighted by atomic mass is 10.0. The minimum Gasteiger partial charge on any atom is -0.505 e. The van der Waals surface area contributed by atoms with E-state index in [9.17, 15) is 18.1 Å². The van der Waals surface area contributed by atoms with E-state index in [2.05, 4.69) is 10.6 Å². The van der Waals surface area contributed by atoms with E-state index in [1.54, 1.807) is 19.1 Å². The van der Waals surface area contributed by atoms with Crippen LogP contribution in [0.4, 0.5) is 11.4 Å². The number of phenols is 1. The van der Waals surface area contributed by atoms with Crippen LogP contribution in [0.1, 0.15) is 19.4 Å². The predicted octanol–water partition coefficient (Wildman–Crippen LogP) is 3.37. The lowest BCUT2D eigenvalue weighted by Crippen LogP contribution is -2.00. The van der Waals surface area contributed by atoms with Crippen LogP contribution in [-0.4, -0.2) is 18.1 Å². The maximum Gasteiger partial charge on any atom is 0.296 e. The third kappa shape index (κ3) is 2.96. The van der Waals surface area contributed by atoms with E-state index in [1.807, 2.05) is 13.8 Å². The maximum atomic E-state index is 11.3. The second kappa shape index (κ2) is 6.06.